The molecule has 3 heterocycles. The average Bonchev–Trinajstić information content (AvgIpc) is 3.42. The second-order valence-electron chi connectivity index (χ2n) is 7.27. The molecule has 8 heteroatoms. The van der Waals surface area contributed by atoms with Crippen LogP contribution in [0.2, 0.25) is 5.02 Å². The van der Waals surface area contributed by atoms with Gasteiger partial charge in [-0.25, -0.2) is 0 Å². The molecule has 2 N–H and O–H groups in total. The first kappa shape index (κ1) is 20.0. The maximum absolute atomic E-state index is 10.4. The van der Waals surface area contributed by atoms with E-state index in [1.807, 2.05) is 30.3 Å². The fraction of sp³-hybridized carbons (Fsp3) is 0.381. The number of β-amino-alcohol motifs (C(OH)–C–C–N with tert-alkyl or cyclic N) is 1. The minimum atomic E-state index is -0.568. The third-order valence-corrected chi connectivity index (χ3v) is 5.24. The van der Waals surface area contributed by atoms with Gasteiger partial charge in [-0.3, -0.25) is 14.9 Å². The topological polar surface area (TPSA) is 77.8 Å². The van der Waals surface area contributed by atoms with Gasteiger partial charge in [-0.1, -0.05) is 11.6 Å². The van der Waals surface area contributed by atoms with Crippen molar-refractivity contribution >= 4 is 11.6 Å². The first-order chi connectivity index (χ1) is 14.2. The second kappa shape index (κ2) is 9.45. The highest BCUT2D eigenvalue weighted by atomic mass is 35.5. The van der Waals surface area contributed by atoms with Crippen molar-refractivity contribution in [3.8, 4) is 17.0 Å². The van der Waals surface area contributed by atoms with E-state index >= 15 is 0 Å². The molecule has 3 aromatic rings. The van der Waals surface area contributed by atoms with Crippen LogP contribution in [-0.4, -0.2) is 70.5 Å². The first-order valence-electron chi connectivity index (χ1n) is 9.74. The van der Waals surface area contributed by atoms with Crippen LogP contribution in [0.3, 0.4) is 0 Å². The Kier molecular flexibility index (Phi) is 6.51. The maximum atomic E-state index is 10.4. The molecule has 0 radical (unpaired) electrons. The Hall–Kier alpha value is -2.32. The number of hydrogen-bond donors (Lipinski definition) is 2. The zero-order valence-electron chi connectivity index (χ0n) is 16.1. The molecule has 1 aliphatic heterocycles. The molecule has 7 nitrogen and oxygen atoms in total. The van der Waals surface area contributed by atoms with Crippen LogP contribution in [-0.2, 0) is 6.54 Å². The Labute approximate surface area is 174 Å². The van der Waals surface area contributed by atoms with Gasteiger partial charge in [0, 0.05) is 49.5 Å². The van der Waals surface area contributed by atoms with Gasteiger partial charge in [-0.2, -0.15) is 5.10 Å². The number of benzene rings is 1. The molecule has 1 unspecified atom stereocenters. The Morgan fingerprint density at radius 2 is 2.00 bits per heavy atom. The van der Waals surface area contributed by atoms with E-state index in [0.29, 0.717) is 17.3 Å². The summed E-state index contributed by atoms with van der Waals surface area (Å²) in [5.41, 5.74) is 1.76. The van der Waals surface area contributed by atoms with Crippen LogP contribution in [0.5, 0.6) is 5.75 Å². The zero-order valence-corrected chi connectivity index (χ0v) is 16.9. The summed E-state index contributed by atoms with van der Waals surface area (Å²) in [7, 11) is 0. The number of nitrogens with zero attached hydrogens (tertiary/aromatic N) is 3. The lowest BCUT2D eigenvalue weighted by Crippen LogP contribution is -2.48. The predicted molar refractivity (Wildman–Crippen MR) is 111 cm³/mol. The van der Waals surface area contributed by atoms with E-state index in [4.69, 9.17) is 20.8 Å². The van der Waals surface area contributed by atoms with E-state index in [1.165, 1.54) is 0 Å². The highest BCUT2D eigenvalue weighted by Gasteiger charge is 2.20. The van der Waals surface area contributed by atoms with Gasteiger partial charge in [0.15, 0.2) is 0 Å². The van der Waals surface area contributed by atoms with Gasteiger partial charge in [-0.05, 0) is 36.4 Å². The smallest absolute Gasteiger partial charge is 0.121 e. The van der Waals surface area contributed by atoms with E-state index in [1.54, 1.807) is 18.5 Å². The summed E-state index contributed by atoms with van der Waals surface area (Å²) in [5.74, 6) is 1.62. The number of rotatable bonds is 8. The summed E-state index contributed by atoms with van der Waals surface area (Å²) < 4.78 is 11.2. The number of nitrogens with one attached hydrogen (secondary N) is 1. The molecule has 0 bridgehead atoms. The van der Waals surface area contributed by atoms with Crippen LogP contribution >= 0.6 is 11.6 Å². The molecule has 29 heavy (non-hydrogen) atoms. The molecule has 154 valence electrons. The molecule has 1 fully saturated rings. The molecule has 1 aromatic carbocycles. The standard InChI is InChI=1S/C21H25ClN4O3/c22-17-10-16(21-3-4-23-24-21)11-20(12-17)29-15-18(27)13-25-5-7-26(8-6-25)14-19-2-1-9-28-19/h1-4,9-12,18,27H,5-8,13-15H2,(H,23,24). The number of ether oxygens (including phenoxy) is 1. The molecule has 0 saturated carbocycles. The SMILES string of the molecule is OC(COc1cc(Cl)cc(-c2ccn[nH]2)c1)CN1CCN(Cc2ccco2)CC1. The van der Waals surface area contributed by atoms with Crippen LogP contribution in [0.15, 0.2) is 53.3 Å². The Balaban J connectivity index is 1.23. The van der Waals surface area contributed by atoms with Gasteiger partial charge in [0.2, 0.25) is 0 Å². The summed E-state index contributed by atoms with van der Waals surface area (Å²) in [6, 6.07) is 11.3. The van der Waals surface area contributed by atoms with Crippen molar-refractivity contribution in [3.05, 3.63) is 59.6 Å². The molecule has 0 amide bonds. The normalized spacial score (nSPS) is 16.8. The van der Waals surface area contributed by atoms with Crippen molar-refractivity contribution in [3.63, 3.8) is 0 Å². The molecule has 2 aromatic heterocycles. The summed E-state index contributed by atoms with van der Waals surface area (Å²) in [5, 5.41) is 17.9. The highest BCUT2D eigenvalue weighted by Crippen LogP contribution is 2.27. The lowest BCUT2D eigenvalue weighted by Gasteiger charge is -2.35. The molecular formula is C21H25ClN4O3. The van der Waals surface area contributed by atoms with Gasteiger partial charge in [0.05, 0.1) is 18.5 Å². The molecular weight excluding hydrogens is 392 g/mol. The molecule has 1 atom stereocenters. The van der Waals surface area contributed by atoms with Crippen molar-refractivity contribution in [1.82, 2.24) is 20.0 Å². The third-order valence-electron chi connectivity index (χ3n) is 5.02. The Bertz CT molecular complexity index is 877. The monoisotopic (exact) mass is 416 g/mol. The Morgan fingerprint density at radius 1 is 1.17 bits per heavy atom. The number of halogens is 1. The fourth-order valence-corrected chi connectivity index (χ4v) is 3.74. The summed E-state index contributed by atoms with van der Waals surface area (Å²) in [6.45, 7) is 5.38. The number of furan rings is 1. The zero-order chi connectivity index (χ0) is 20.1. The van der Waals surface area contributed by atoms with Crippen LogP contribution in [0.1, 0.15) is 5.76 Å². The van der Waals surface area contributed by atoms with E-state index in [9.17, 15) is 5.11 Å². The van der Waals surface area contributed by atoms with Crippen molar-refractivity contribution in [1.29, 1.82) is 0 Å². The molecule has 0 aliphatic carbocycles. The lowest BCUT2D eigenvalue weighted by molar-refractivity contribution is 0.0434. The van der Waals surface area contributed by atoms with Gasteiger partial charge in [0.1, 0.15) is 24.2 Å². The van der Waals surface area contributed by atoms with Crippen LogP contribution in [0.4, 0.5) is 0 Å². The minimum Gasteiger partial charge on any atom is -0.491 e. The minimum absolute atomic E-state index is 0.218. The largest absolute Gasteiger partial charge is 0.491 e. The van der Waals surface area contributed by atoms with Gasteiger partial charge >= 0.3 is 0 Å². The quantitative estimate of drug-likeness (QED) is 0.588. The van der Waals surface area contributed by atoms with Crippen molar-refractivity contribution in [2.75, 3.05) is 39.3 Å². The number of aliphatic hydroxyl groups is 1. The fourth-order valence-electron chi connectivity index (χ4n) is 3.51. The molecule has 1 aliphatic rings. The number of aromatic nitrogens is 2. The third kappa shape index (κ3) is 5.61. The highest BCUT2D eigenvalue weighted by molar-refractivity contribution is 6.31. The van der Waals surface area contributed by atoms with Gasteiger partial charge in [0.25, 0.3) is 0 Å². The number of aliphatic hydroxyl groups excluding tert-OH is 1. The van der Waals surface area contributed by atoms with Gasteiger partial charge < -0.3 is 14.3 Å². The van der Waals surface area contributed by atoms with E-state index < -0.39 is 6.10 Å². The summed E-state index contributed by atoms with van der Waals surface area (Å²) in [4.78, 5) is 4.63. The number of piperazine rings is 1. The molecule has 0 spiro atoms. The average molecular weight is 417 g/mol. The van der Waals surface area contributed by atoms with Crippen LogP contribution < -0.4 is 4.74 Å². The summed E-state index contributed by atoms with van der Waals surface area (Å²) >= 11 is 6.21. The van der Waals surface area contributed by atoms with Crippen LogP contribution in [0.25, 0.3) is 11.3 Å². The van der Waals surface area contributed by atoms with E-state index in [-0.39, 0.29) is 6.61 Å². The van der Waals surface area contributed by atoms with Crippen molar-refractivity contribution < 1.29 is 14.3 Å². The lowest BCUT2D eigenvalue weighted by atomic mass is 10.1. The van der Waals surface area contributed by atoms with Crippen molar-refractivity contribution in [2.24, 2.45) is 0 Å². The van der Waals surface area contributed by atoms with Crippen LogP contribution in [0, 0.1) is 0 Å². The van der Waals surface area contributed by atoms with E-state index in [2.05, 4.69) is 20.0 Å². The number of aromatic amines is 1. The Morgan fingerprint density at radius 3 is 2.72 bits per heavy atom. The number of hydrogen-bond acceptors (Lipinski definition) is 6. The number of H-pyrrole nitrogens is 1. The van der Waals surface area contributed by atoms with E-state index in [0.717, 1.165) is 49.7 Å². The summed E-state index contributed by atoms with van der Waals surface area (Å²) in [6.07, 6.45) is 2.83. The first-order valence-corrected chi connectivity index (χ1v) is 10.1. The molecule has 1 saturated heterocycles. The predicted octanol–water partition coefficient (Wildman–Crippen LogP) is 2.88. The van der Waals surface area contributed by atoms with Gasteiger partial charge in [-0.15, -0.1) is 0 Å². The van der Waals surface area contributed by atoms with Crippen molar-refractivity contribution in [2.45, 2.75) is 12.6 Å². The molecule has 4 rings (SSSR count). The maximum Gasteiger partial charge on any atom is 0.121 e. The second-order valence-corrected chi connectivity index (χ2v) is 7.70.